The Labute approximate surface area is 188 Å². The lowest BCUT2D eigenvalue weighted by molar-refractivity contribution is -0.136. The molecule has 30 heavy (non-hydrogen) atoms. The molecule has 0 bridgehead atoms. The van der Waals surface area contributed by atoms with E-state index >= 15 is 0 Å². The van der Waals surface area contributed by atoms with E-state index in [-0.39, 0.29) is 18.6 Å². The quantitative estimate of drug-likeness (QED) is 0.402. The summed E-state index contributed by atoms with van der Waals surface area (Å²) in [6.07, 6.45) is 2.89. The van der Waals surface area contributed by atoms with E-state index in [0.29, 0.717) is 23.9 Å². The molecule has 6 heteroatoms. The first kappa shape index (κ1) is 22.3. The highest BCUT2D eigenvalue weighted by Gasteiger charge is 2.21. The summed E-state index contributed by atoms with van der Waals surface area (Å²) in [7, 11) is 0. The zero-order valence-corrected chi connectivity index (χ0v) is 18.7. The molecular formula is C24H26Cl2N2O2. The monoisotopic (exact) mass is 444 g/mol. The third-order valence-corrected chi connectivity index (χ3v) is 5.60. The van der Waals surface area contributed by atoms with Crippen LogP contribution in [0.25, 0.3) is 0 Å². The number of halogens is 2. The highest BCUT2D eigenvalue weighted by Crippen LogP contribution is 2.18. The summed E-state index contributed by atoms with van der Waals surface area (Å²) in [5, 5.41) is 1.35. The van der Waals surface area contributed by atoms with Crippen LogP contribution in [0.4, 0.5) is 0 Å². The molecule has 0 saturated heterocycles. The lowest BCUT2D eigenvalue weighted by Gasteiger charge is -2.29. The highest BCUT2D eigenvalue weighted by molar-refractivity contribution is 6.30. The normalized spacial score (nSPS) is 11.9. The summed E-state index contributed by atoms with van der Waals surface area (Å²) in [6, 6.07) is 19.0. The van der Waals surface area contributed by atoms with Gasteiger partial charge in [-0.2, -0.15) is 0 Å². The van der Waals surface area contributed by atoms with Gasteiger partial charge in [-0.15, -0.1) is 0 Å². The molecular weight excluding hydrogens is 419 g/mol. The zero-order valence-electron chi connectivity index (χ0n) is 17.2. The van der Waals surface area contributed by atoms with Crippen molar-refractivity contribution in [1.29, 1.82) is 0 Å². The number of hydrogen-bond acceptors (Lipinski definition) is 2. The molecule has 0 radical (unpaired) electrons. The molecule has 0 saturated carbocycles. The van der Waals surface area contributed by atoms with Gasteiger partial charge in [-0.05, 0) is 67.4 Å². The lowest BCUT2D eigenvalue weighted by atomic mass is 10.2. The molecule has 0 spiro atoms. The number of rotatable bonds is 9. The Morgan fingerprint density at radius 2 is 1.83 bits per heavy atom. The molecule has 0 aliphatic rings. The fraction of sp³-hybridized carbons (Fsp3) is 0.292. The van der Waals surface area contributed by atoms with Gasteiger partial charge in [0.25, 0.3) is 5.91 Å². The SMILES string of the molecule is CCC(C)N(Cc1cccn1Cc1cccc(Cl)c1)C(=O)COc1ccc(Cl)cc1. The minimum Gasteiger partial charge on any atom is -0.484 e. The van der Waals surface area contributed by atoms with E-state index in [4.69, 9.17) is 27.9 Å². The van der Waals surface area contributed by atoms with Crippen LogP contribution in [0.15, 0.2) is 66.9 Å². The van der Waals surface area contributed by atoms with Gasteiger partial charge in [0.2, 0.25) is 0 Å². The number of carbonyl (C=O) groups excluding carboxylic acids is 1. The number of hydrogen-bond donors (Lipinski definition) is 0. The van der Waals surface area contributed by atoms with Crippen LogP contribution in [0.5, 0.6) is 5.75 Å². The fourth-order valence-electron chi connectivity index (χ4n) is 3.22. The van der Waals surface area contributed by atoms with Crippen LogP contribution in [0.2, 0.25) is 10.0 Å². The molecule has 3 aromatic rings. The van der Waals surface area contributed by atoms with Crippen LogP contribution in [-0.2, 0) is 17.9 Å². The van der Waals surface area contributed by atoms with Crippen molar-refractivity contribution in [1.82, 2.24) is 9.47 Å². The highest BCUT2D eigenvalue weighted by atomic mass is 35.5. The number of ether oxygens (including phenoxy) is 1. The number of nitrogens with zero attached hydrogens (tertiary/aromatic N) is 2. The van der Waals surface area contributed by atoms with Crippen molar-refractivity contribution < 1.29 is 9.53 Å². The molecule has 0 fully saturated rings. The Hall–Kier alpha value is -2.43. The van der Waals surface area contributed by atoms with Crippen molar-refractivity contribution in [2.24, 2.45) is 0 Å². The number of amides is 1. The van der Waals surface area contributed by atoms with E-state index in [9.17, 15) is 4.79 Å². The number of aromatic nitrogens is 1. The topological polar surface area (TPSA) is 34.5 Å². The number of carbonyl (C=O) groups is 1. The van der Waals surface area contributed by atoms with Crippen molar-refractivity contribution in [3.63, 3.8) is 0 Å². The maximum absolute atomic E-state index is 13.0. The summed E-state index contributed by atoms with van der Waals surface area (Å²) in [5.74, 6) is 0.580. The average Bonchev–Trinajstić information content (AvgIpc) is 3.17. The van der Waals surface area contributed by atoms with Gasteiger partial charge in [-0.25, -0.2) is 0 Å². The van der Waals surface area contributed by atoms with E-state index in [2.05, 4.69) is 18.4 Å². The van der Waals surface area contributed by atoms with E-state index in [1.807, 2.05) is 47.5 Å². The largest absolute Gasteiger partial charge is 0.484 e. The molecule has 0 aliphatic heterocycles. The van der Waals surface area contributed by atoms with Gasteiger partial charge in [0.05, 0.1) is 6.54 Å². The summed E-state index contributed by atoms with van der Waals surface area (Å²) in [4.78, 5) is 14.8. The molecule has 1 amide bonds. The first-order valence-electron chi connectivity index (χ1n) is 10.0. The second kappa shape index (κ2) is 10.6. The first-order valence-corrected chi connectivity index (χ1v) is 10.8. The van der Waals surface area contributed by atoms with E-state index in [1.54, 1.807) is 24.3 Å². The molecule has 1 heterocycles. The van der Waals surface area contributed by atoms with E-state index < -0.39 is 0 Å². The van der Waals surface area contributed by atoms with Crippen LogP contribution in [0.3, 0.4) is 0 Å². The third-order valence-electron chi connectivity index (χ3n) is 5.12. The minimum absolute atomic E-state index is 0.0129. The van der Waals surface area contributed by atoms with Gasteiger partial charge in [0.15, 0.2) is 6.61 Å². The Morgan fingerprint density at radius 3 is 2.53 bits per heavy atom. The zero-order chi connectivity index (χ0) is 21.5. The van der Waals surface area contributed by atoms with Crippen molar-refractivity contribution in [3.05, 3.63) is 88.2 Å². The Morgan fingerprint density at radius 1 is 1.07 bits per heavy atom. The van der Waals surface area contributed by atoms with Crippen molar-refractivity contribution in [2.45, 2.75) is 39.4 Å². The van der Waals surface area contributed by atoms with Crippen molar-refractivity contribution >= 4 is 29.1 Å². The van der Waals surface area contributed by atoms with Crippen LogP contribution in [-0.4, -0.2) is 28.0 Å². The average molecular weight is 445 g/mol. The smallest absolute Gasteiger partial charge is 0.261 e. The molecule has 0 N–H and O–H groups in total. The van der Waals surface area contributed by atoms with Gasteiger partial charge in [0.1, 0.15) is 5.75 Å². The second-order valence-electron chi connectivity index (χ2n) is 7.28. The van der Waals surface area contributed by atoms with Gasteiger partial charge < -0.3 is 14.2 Å². The maximum Gasteiger partial charge on any atom is 0.261 e. The van der Waals surface area contributed by atoms with Crippen LogP contribution in [0, 0.1) is 0 Å². The van der Waals surface area contributed by atoms with Crippen LogP contribution in [0.1, 0.15) is 31.5 Å². The molecule has 158 valence electrons. The molecule has 0 aliphatic carbocycles. The Bertz CT molecular complexity index is 969. The predicted octanol–water partition coefficient (Wildman–Crippen LogP) is 6.05. The van der Waals surface area contributed by atoms with E-state index in [0.717, 1.165) is 22.7 Å². The molecule has 3 rings (SSSR count). The van der Waals surface area contributed by atoms with Crippen molar-refractivity contribution in [3.8, 4) is 5.75 Å². The first-order chi connectivity index (χ1) is 14.5. The molecule has 1 aromatic heterocycles. The second-order valence-corrected chi connectivity index (χ2v) is 8.15. The van der Waals surface area contributed by atoms with Crippen LogP contribution >= 0.6 is 23.2 Å². The molecule has 4 nitrogen and oxygen atoms in total. The van der Waals surface area contributed by atoms with E-state index in [1.165, 1.54) is 0 Å². The lowest BCUT2D eigenvalue weighted by Crippen LogP contribution is -2.41. The molecule has 1 atom stereocenters. The molecule has 1 unspecified atom stereocenters. The third kappa shape index (κ3) is 6.04. The minimum atomic E-state index is -0.0465. The van der Waals surface area contributed by atoms with Gasteiger partial charge in [0, 0.05) is 34.5 Å². The maximum atomic E-state index is 13.0. The van der Waals surface area contributed by atoms with Gasteiger partial charge in [-0.1, -0.05) is 42.3 Å². The predicted molar refractivity (Wildman–Crippen MR) is 122 cm³/mol. The fourth-order valence-corrected chi connectivity index (χ4v) is 3.56. The van der Waals surface area contributed by atoms with Gasteiger partial charge in [-0.3, -0.25) is 4.79 Å². The Kier molecular flexibility index (Phi) is 7.83. The van der Waals surface area contributed by atoms with Gasteiger partial charge >= 0.3 is 0 Å². The van der Waals surface area contributed by atoms with Crippen molar-refractivity contribution in [2.75, 3.05) is 6.61 Å². The molecule has 2 aromatic carbocycles. The van der Waals surface area contributed by atoms with Crippen LogP contribution < -0.4 is 4.74 Å². The summed E-state index contributed by atoms with van der Waals surface area (Å²) >= 11 is 12.0. The summed E-state index contributed by atoms with van der Waals surface area (Å²) < 4.78 is 7.83. The summed E-state index contributed by atoms with van der Waals surface area (Å²) in [5.41, 5.74) is 2.18. The standard InChI is InChI=1S/C24H26Cl2N2O2/c1-3-18(2)28(24(29)17-30-23-11-9-20(25)10-12-23)16-22-8-5-13-27(22)15-19-6-4-7-21(26)14-19/h4-14,18H,3,15-17H2,1-2H3. The Balaban J connectivity index is 1.70. The number of benzene rings is 2. The summed E-state index contributed by atoms with van der Waals surface area (Å²) in [6.45, 7) is 5.35.